The van der Waals surface area contributed by atoms with Gasteiger partial charge in [-0.3, -0.25) is 4.99 Å². The Balaban J connectivity index is 1.91. The van der Waals surface area contributed by atoms with Gasteiger partial charge in [-0.1, -0.05) is 54.6 Å². The number of hydrogen-bond acceptors (Lipinski definition) is 1. The fourth-order valence-electron chi connectivity index (χ4n) is 2.58. The summed E-state index contributed by atoms with van der Waals surface area (Å²) in [6.45, 7) is 2.17. The van der Waals surface area contributed by atoms with E-state index in [2.05, 4.69) is 55.5 Å². The lowest BCUT2D eigenvalue weighted by atomic mass is 10.1. The second-order valence-electron chi connectivity index (χ2n) is 4.82. The van der Waals surface area contributed by atoms with Gasteiger partial charge in [0, 0.05) is 5.71 Å². The van der Waals surface area contributed by atoms with Crippen LogP contribution < -0.4 is 0 Å². The fourth-order valence-corrected chi connectivity index (χ4v) is 2.58. The number of fused-ring (bicyclic) bond motifs is 1. The molecule has 0 bridgehead atoms. The van der Waals surface area contributed by atoms with E-state index in [0.29, 0.717) is 0 Å². The van der Waals surface area contributed by atoms with Gasteiger partial charge in [0.25, 0.3) is 0 Å². The van der Waals surface area contributed by atoms with Gasteiger partial charge in [0.15, 0.2) is 0 Å². The van der Waals surface area contributed by atoms with Gasteiger partial charge in [-0.05, 0) is 36.5 Å². The smallest absolute Gasteiger partial charge is 0.0724 e. The molecule has 0 aliphatic heterocycles. The molecule has 0 amide bonds. The Bertz CT molecular complexity index is 569. The van der Waals surface area contributed by atoms with E-state index in [1.807, 2.05) is 6.07 Å². The molecular weight excluding hydrogens is 218 g/mol. The third kappa shape index (κ3) is 2.08. The SMILES string of the molecule is CC(N=C1CCc2ccccc21)c1ccccc1. The van der Waals surface area contributed by atoms with E-state index < -0.39 is 0 Å². The number of nitrogens with zero attached hydrogens (tertiary/aromatic N) is 1. The van der Waals surface area contributed by atoms with Gasteiger partial charge in [-0.15, -0.1) is 0 Å². The highest BCUT2D eigenvalue weighted by molar-refractivity contribution is 6.04. The molecule has 0 saturated carbocycles. The average Bonchev–Trinajstić information content (AvgIpc) is 2.83. The van der Waals surface area contributed by atoms with Crippen molar-refractivity contribution in [1.82, 2.24) is 0 Å². The molecule has 1 heteroatoms. The molecule has 0 aromatic heterocycles. The van der Waals surface area contributed by atoms with Crippen LogP contribution in [-0.4, -0.2) is 5.71 Å². The standard InChI is InChI=1S/C17H17N/c1-13(14-7-3-2-4-8-14)18-17-12-11-15-9-5-6-10-16(15)17/h2-10,13H,11-12H2,1H3. The zero-order chi connectivity index (χ0) is 12.4. The van der Waals surface area contributed by atoms with E-state index in [-0.39, 0.29) is 6.04 Å². The molecule has 0 fully saturated rings. The van der Waals surface area contributed by atoms with Crippen molar-refractivity contribution in [3.05, 3.63) is 71.3 Å². The molecule has 1 aliphatic rings. The minimum Gasteiger partial charge on any atom is -0.281 e. The van der Waals surface area contributed by atoms with Crippen LogP contribution in [0.4, 0.5) is 0 Å². The van der Waals surface area contributed by atoms with Gasteiger partial charge in [0.2, 0.25) is 0 Å². The van der Waals surface area contributed by atoms with Gasteiger partial charge < -0.3 is 0 Å². The highest BCUT2D eigenvalue weighted by Crippen LogP contribution is 2.25. The summed E-state index contributed by atoms with van der Waals surface area (Å²) in [7, 11) is 0. The van der Waals surface area contributed by atoms with Crippen LogP contribution >= 0.6 is 0 Å². The number of benzene rings is 2. The molecule has 1 aliphatic carbocycles. The molecule has 0 radical (unpaired) electrons. The normalized spacial score (nSPS) is 17.7. The highest BCUT2D eigenvalue weighted by atomic mass is 14.8. The predicted molar refractivity (Wildman–Crippen MR) is 76.2 cm³/mol. The van der Waals surface area contributed by atoms with Gasteiger partial charge in [0.1, 0.15) is 0 Å². The molecule has 90 valence electrons. The Morgan fingerprint density at radius 1 is 0.889 bits per heavy atom. The van der Waals surface area contributed by atoms with Crippen molar-refractivity contribution in [2.24, 2.45) is 4.99 Å². The summed E-state index contributed by atoms with van der Waals surface area (Å²) in [6.07, 6.45) is 2.22. The number of aliphatic imine (C=N–C) groups is 1. The second kappa shape index (κ2) is 4.77. The van der Waals surface area contributed by atoms with Crippen molar-refractivity contribution < 1.29 is 0 Å². The van der Waals surface area contributed by atoms with E-state index >= 15 is 0 Å². The third-order valence-electron chi connectivity index (χ3n) is 3.59. The molecule has 0 saturated heterocycles. The fraction of sp³-hybridized carbons (Fsp3) is 0.235. The monoisotopic (exact) mass is 235 g/mol. The first kappa shape index (κ1) is 11.2. The quantitative estimate of drug-likeness (QED) is 0.740. The number of hydrogen-bond donors (Lipinski definition) is 0. The van der Waals surface area contributed by atoms with Crippen LogP contribution in [0, 0.1) is 0 Å². The van der Waals surface area contributed by atoms with E-state index in [1.54, 1.807) is 0 Å². The van der Waals surface area contributed by atoms with Crippen molar-refractivity contribution in [2.45, 2.75) is 25.8 Å². The molecule has 2 aromatic rings. The van der Waals surface area contributed by atoms with Crippen molar-refractivity contribution in [3.63, 3.8) is 0 Å². The first-order valence-corrected chi connectivity index (χ1v) is 6.54. The zero-order valence-corrected chi connectivity index (χ0v) is 10.6. The first-order valence-electron chi connectivity index (χ1n) is 6.54. The van der Waals surface area contributed by atoms with Crippen LogP contribution in [0.25, 0.3) is 0 Å². The Morgan fingerprint density at radius 2 is 1.61 bits per heavy atom. The summed E-state index contributed by atoms with van der Waals surface area (Å²) < 4.78 is 0. The maximum Gasteiger partial charge on any atom is 0.0724 e. The van der Waals surface area contributed by atoms with Crippen LogP contribution in [0.15, 0.2) is 59.6 Å². The molecule has 2 aromatic carbocycles. The second-order valence-corrected chi connectivity index (χ2v) is 4.82. The maximum absolute atomic E-state index is 4.90. The molecule has 1 nitrogen and oxygen atoms in total. The van der Waals surface area contributed by atoms with Gasteiger partial charge >= 0.3 is 0 Å². The minimum atomic E-state index is 0.243. The summed E-state index contributed by atoms with van der Waals surface area (Å²) >= 11 is 0. The number of rotatable bonds is 2. The summed E-state index contributed by atoms with van der Waals surface area (Å²) in [4.78, 5) is 4.90. The zero-order valence-electron chi connectivity index (χ0n) is 10.6. The van der Waals surface area contributed by atoms with Gasteiger partial charge in [-0.2, -0.15) is 0 Å². The highest BCUT2D eigenvalue weighted by Gasteiger charge is 2.17. The van der Waals surface area contributed by atoms with E-state index in [1.165, 1.54) is 22.4 Å². The molecular formula is C17H17N. The minimum absolute atomic E-state index is 0.243. The Hall–Kier alpha value is -1.89. The molecule has 1 unspecified atom stereocenters. The summed E-state index contributed by atoms with van der Waals surface area (Å²) in [5.74, 6) is 0. The summed E-state index contributed by atoms with van der Waals surface area (Å²) in [5.41, 5.74) is 5.34. The summed E-state index contributed by atoms with van der Waals surface area (Å²) in [6, 6.07) is 19.4. The topological polar surface area (TPSA) is 12.4 Å². The molecule has 0 N–H and O–H groups in total. The van der Waals surface area contributed by atoms with E-state index in [0.717, 1.165) is 12.8 Å². The van der Waals surface area contributed by atoms with Crippen molar-refractivity contribution >= 4 is 5.71 Å². The first-order chi connectivity index (χ1) is 8.84. The lowest BCUT2D eigenvalue weighted by Gasteiger charge is -2.08. The van der Waals surface area contributed by atoms with E-state index in [4.69, 9.17) is 4.99 Å². The molecule has 1 atom stereocenters. The average molecular weight is 235 g/mol. The molecule has 3 rings (SSSR count). The van der Waals surface area contributed by atoms with Crippen LogP contribution in [0.1, 0.15) is 36.1 Å². The van der Waals surface area contributed by atoms with Crippen molar-refractivity contribution in [2.75, 3.05) is 0 Å². The van der Waals surface area contributed by atoms with E-state index in [9.17, 15) is 0 Å². The molecule has 0 heterocycles. The van der Waals surface area contributed by atoms with Crippen LogP contribution in [0.5, 0.6) is 0 Å². The lowest BCUT2D eigenvalue weighted by Crippen LogP contribution is -1.99. The summed E-state index contributed by atoms with van der Waals surface area (Å²) in [5, 5.41) is 0. The Labute approximate surface area is 108 Å². The molecule has 18 heavy (non-hydrogen) atoms. The predicted octanol–water partition coefficient (Wildman–Crippen LogP) is 4.18. The van der Waals surface area contributed by atoms with Crippen LogP contribution in [0.2, 0.25) is 0 Å². The largest absolute Gasteiger partial charge is 0.281 e. The van der Waals surface area contributed by atoms with Crippen molar-refractivity contribution in [3.8, 4) is 0 Å². The Morgan fingerprint density at radius 3 is 2.44 bits per heavy atom. The maximum atomic E-state index is 4.90. The van der Waals surface area contributed by atoms with Gasteiger partial charge in [0.05, 0.1) is 6.04 Å². The van der Waals surface area contributed by atoms with Gasteiger partial charge in [-0.25, -0.2) is 0 Å². The van der Waals surface area contributed by atoms with Crippen LogP contribution in [0.3, 0.4) is 0 Å². The molecule has 0 spiro atoms. The number of aryl methyl sites for hydroxylation is 1. The van der Waals surface area contributed by atoms with Crippen LogP contribution in [-0.2, 0) is 6.42 Å². The Kier molecular flexibility index (Phi) is 2.97. The third-order valence-corrected chi connectivity index (χ3v) is 3.59. The van der Waals surface area contributed by atoms with Crippen molar-refractivity contribution in [1.29, 1.82) is 0 Å². The lowest BCUT2D eigenvalue weighted by molar-refractivity contribution is 0.816.